The van der Waals surface area contributed by atoms with Gasteiger partial charge in [-0.3, -0.25) is 0 Å². The second kappa shape index (κ2) is 10.6. The number of alkyl halides is 3. The van der Waals surface area contributed by atoms with E-state index >= 15 is 0 Å². The summed E-state index contributed by atoms with van der Waals surface area (Å²) in [4.78, 5) is 14.8. The lowest BCUT2D eigenvalue weighted by Gasteiger charge is -2.09. The van der Waals surface area contributed by atoms with E-state index in [4.69, 9.17) is 19.9 Å². The standard InChI is InChI=1S/C21H22F3N5O4/c1-31-16-9-5-15(6-10-16)29-18(27-20(28-29)33-13-21(22,23)24)14-3-7-17(8-4-14)32-12-2-11-26-19(25)30/h3-10H,2,11-13H2,1H3,(H3,25,26,30). The number of halogens is 3. The molecule has 12 heteroatoms. The number of rotatable bonds is 10. The number of aromatic nitrogens is 3. The quantitative estimate of drug-likeness (QED) is 0.444. The topological polar surface area (TPSA) is 114 Å². The van der Waals surface area contributed by atoms with Crippen molar-refractivity contribution in [2.75, 3.05) is 26.9 Å². The molecule has 0 aliphatic heterocycles. The zero-order valence-electron chi connectivity index (χ0n) is 17.6. The fourth-order valence-electron chi connectivity index (χ4n) is 2.77. The summed E-state index contributed by atoms with van der Waals surface area (Å²) in [5.41, 5.74) is 6.14. The highest BCUT2D eigenvalue weighted by molar-refractivity contribution is 5.71. The molecule has 2 amide bonds. The number of amides is 2. The first-order valence-corrected chi connectivity index (χ1v) is 9.83. The minimum Gasteiger partial charge on any atom is -0.497 e. The second-order valence-electron chi connectivity index (χ2n) is 6.75. The van der Waals surface area contributed by atoms with Crippen LogP contribution in [0.4, 0.5) is 18.0 Å². The van der Waals surface area contributed by atoms with Crippen molar-refractivity contribution in [1.82, 2.24) is 20.1 Å². The SMILES string of the molecule is COc1ccc(-n2nc(OCC(F)(F)F)nc2-c2ccc(OCCCNC(N)=O)cc2)cc1. The molecule has 0 aliphatic carbocycles. The van der Waals surface area contributed by atoms with Crippen LogP contribution in [0.25, 0.3) is 17.1 Å². The Bertz CT molecular complexity index is 1050. The lowest BCUT2D eigenvalue weighted by atomic mass is 10.2. The molecule has 0 saturated carbocycles. The lowest BCUT2D eigenvalue weighted by Crippen LogP contribution is -2.30. The fourth-order valence-corrected chi connectivity index (χ4v) is 2.77. The number of nitrogens with one attached hydrogen (secondary N) is 1. The van der Waals surface area contributed by atoms with Crippen LogP contribution in [0.1, 0.15) is 6.42 Å². The zero-order chi connectivity index (χ0) is 23.8. The normalized spacial score (nSPS) is 11.2. The van der Waals surface area contributed by atoms with Crippen LogP contribution in [-0.4, -0.2) is 53.8 Å². The number of carbonyl (C=O) groups is 1. The van der Waals surface area contributed by atoms with Gasteiger partial charge in [0.15, 0.2) is 12.4 Å². The third-order valence-electron chi connectivity index (χ3n) is 4.27. The molecule has 0 fully saturated rings. The summed E-state index contributed by atoms with van der Waals surface area (Å²) < 4.78 is 54.6. The van der Waals surface area contributed by atoms with E-state index in [1.165, 1.54) is 11.8 Å². The van der Waals surface area contributed by atoms with Crippen molar-refractivity contribution < 1.29 is 32.2 Å². The first-order chi connectivity index (χ1) is 15.7. The van der Waals surface area contributed by atoms with Gasteiger partial charge in [-0.2, -0.15) is 18.2 Å². The number of benzene rings is 2. The predicted octanol–water partition coefficient (Wildman–Crippen LogP) is 3.32. The minimum atomic E-state index is -4.52. The Hall–Kier alpha value is -3.96. The van der Waals surface area contributed by atoms with Crippen LogP contribution < -0.4 is 25.3 Å². The third kappa shape index (κ3) is 7.02. The smallest absolute Gasteiger partial charge is 0.422 e. The molecule has 3 N–H and O–H groups in total. The molecule has 176 valence electrons. The molecule has 0 radical (unpaired) electrons. The maximum Gasteiger partial charge on any atom is 0.422 e. The Morgan fingerprint density at radius 2 is 1.73 bits per heavy atom. The molecule has 0 aliphatic rings. The summed E-state index contributed by atoms with van der Waals surface area (Å²) in [6.45, 7) is -0.757. The van der Waals surface area contributed by atoms with Gasteiger partial charge in [-0.25, -0.2) is 9.48 Å². The predicted molar refractivity (Wildman–Crippen MR) is 113 cm³/mol. The van der Waals surface area contributed by atoms with Crippen LogP contribution in [0, 0.1) is 0 Å². The van der Waals surface area contributed by atoms with Crippen LogP contribution in [0.15, 0.2) is 48.5 Å². The molecule has 3 aromatic rings. The molecule has 0 bridgehead atoms. The van der Waals surface area contributed by atoms with Gasteiger partial charge in [0.1, 0.15) is 11.5 Å². The number of ether oxygens (including phenoxy) is 3. The maximum atomic E-state index is 12.6. The average molecular weight is 465 g/mol. The number of urea groups is 1. The van der Waals surface area contributed by atoms with E-state index in [1.54, 1.807) is 48.5 Å². The Kier molecular flexibility index (Phi) is 7.59. The summed E-state index contributed by atoms with van der Waals surface area (Å²) in [7, 11) is 1.52. The highest BCUT2D eigenvalue weighted by Gasteiger charge is 2.29. The number of methoxy groups -OCH3 is 1. The third-order valence-corrected chi connectivity index (χ3v) is 4.27. The highest BCUT2D eigenvalue weighted by atomic mass is 19.4. The number of carbonyl (C=O) groups excluding carboxylic acids is 1. The van der Waals surface area contributed by atoms with E-state index in [9.17, 15) is 18.0 Å². The molecule has 0 saturated heterocycles. The van der Waals surface area contributed by atoms with E-state index in [1.807, 2.05) is 0 Å². The molecule has 0 atom stereocenters. The highest BCUT2D eigenvalue weighted by Crippen LogP contribution is 2.27. The molecule has 9 nitrogen and oxygen atoms in total. The minimum absolute atomic E-state index is 0.287. The van der Waals surface area contributed by atoms with E-state index in [2.05, 4.69) is 15.4 Å². The number of primary amides is 1. The molecular formula is C21H22F3N5O4. The average Bonchev–Trinajstić information content (AvgIpc) is 3.22. The summed E-state index contributed by atoms with van der Waals surface area (Å²) >= 11 is 0. The first kappa shape index (κ1) is 23.7. The monoisotopic (exact) mass is 465 g/mol. The van der Waals surface area contributed by atoms with E-state index in [-0.39, 0.29) is 5.82 Å². The Labute approximate surface area is 187 Å². The van der Waals surface area contributed by atoms with Gasteiger partial charge in [-0.15, -0.1) is 5.10 Å². The molecule has 0 spiro atoms. The molecular weight excluding hydrogens is 443 g/mol. The zero-order valence-corrected chi connectivity index (χ0v) is 17.6. The number of hydrogen-bond donors (Lipinski definition) is 2. The van der Waals surface area contributed by atoms with Crippen molar-refractivity contribution in [2.45, 2.75) is 12.6 Å². The van der Waals surface area contributed by atoms with Crippen LogP contribution >= 0.6 is 0 Å². The Morgan fingerprint density at radius 1 is 1.06 bits per heavy atom. The Balaban J connectivity index is 1.79. The fraction of sp³-hybridized carbons (Fsp3) is 0.286. The van der Waals surface area contributed by atoms with E-state index in [0.29, 0.717) is 42.3 Å². The lowest BCUT2D eigenvalue weighted by molar-refractivity contribution is -0.154. The molecule has 3 rings (SSSR count). The van der Waals surface area contributed by atoms with Crippen LogP contribution in [0.2, 0.25) is 0 Å². The summed E-state index contributed by atoms with van der Waals surface area (Å²) in [5, 5.41) is 6.55. The molecule has 2 aromatic carbocycles. The maximum absolute atomic E-state index is 12.6. The summed E-state index contributed by atoms with van der Waals surface area (Å²) in [6.07, 6.45) is -3.95. The van der Waals surface area contributed by atoms with Crippen LogP contribution in [0.3, 0.4) is 0 Å². The van der Waals surface area contributed by atoms with Crippen molar-refractivity contribution in [1.29, 1.82) is 0 Å². The molecule has 0 unspecified atom stereocenters. The van der Waals surface area contributed by atoms with Crippen molar-refractivity contribution in [3.63, 3.8) is 0 Å². The largest absolute Gasteiger partial charge is 0.497 e. The molecule has 1 aromatic heterocycles. The Morgan fingerprint density at radius 3 is 2.33 bits per heavy atom. The van der Waals surface area contributed by atoms with Crippen LogP contribution in [-0.2, 0) is 0 Å². The number of nitrogens with two attached hydrogens (primary N) is 1. The number of hydrogen-bond acceptors (Lipinski definition) is 6. The van der Waals surface area contributed by atoms with Gasteiger partial charge in [-0.05, 0) is 55.0 Å². The summed E-state index contributed by atoms with van der Waals surface area (Å²) in [5.74, 6) is 1.47. The summed E-state index contributed by atoms with van der Waals surface area (Å²) in [6, 6.07) is 12.6. The van der Waals surface area contributed by atoms with Crippen molar-refractivity contribution in [2.24, 2.45) is 5.73 Å². The van der Waals surface area contributed by atoms with Gasteiger partial charge < -0.3 is 25.3 Å². The van der Waals surface area contributed by atoms with Gasteiger partial charge >= 0.3 is 18.2 Å². The van der Waals surface area contributed by atoms with E-state index in [0.717, 1.165) is 0 Å². The van der Waals surface area contributed by atoms with Gasteiger partial charge in [0, 0.05) is 12.1 Å². The second-order valence-corrected chi connectivity index (χ2v) is 6.75. The number of nitrogens with zero attached hydrogens (tertiary/aromatic N) is 3. The molecule has 33 heavy (non-hydrogen) atoms. The van der Waals surface area contributed by atoms with Crippen molar-refractivity contribution >= 4 is 6.03 Å². The van der Waals surface area contributed by atoms with Crippen molar-refractivity contribution in [3.05, 3.63) is 48.5 Å². The molecule has 1 heterocycles. The van der Waals surface area contributed by atoms with Gasteiger partial charge in [0.2, 0.25) is 0 Å². The van der Waals surface area contributed by atoms with Gasteiger partial charge in [0.05, 0.1) is 19.4 Å². The van der Waals surface area contributed by atoms with E-state index < -0.39 is 24.8 Å². The van der Waals surface area contributed by atoms with Gasteiger partial charge in [0.25, 0.3) is 0 Å². The van der Waals surface area contributed by atoms with Gasteiger partial charge in [-0.1, -0.05) is 0 Å². The first-order valence-electron chi connectivity index (χ1n) is 9.83. The van der Waals surface area contributed by atoms with Crippen molar-refractivity contribution in [3.8, 4) is 34.6 Å². The van der Waals surface area contributed by atoms with Crippen LogP contribution in [0.5, 0.6) is 17.5 Å².